The lowest BCUT2D eigenvalue weighted by molar-refractivity contribution is 0.0619. The van der Waals surface area contributed by atoms with Crippen molar-refractivity contribution in [3.63, 3.8) is 0 Å². The van der Waals surface area contributed by atoms with Gasteiger partial charge in [-0.15, -0.1) is 0 Å². The molecule has 0 saturated carbocycles. The first kappa shape index (κ1) is 15.9. The number of furan rings is 1. The Morgan fingerprint density at radius 1 is 1.16 bits per heavy atom. The summed E-state index contributed by atoms with van der Waals surface area (Å²) in [5.74, 6) is 1.65. The number of fused-ring (bicyclic) bond motifs is 1. The number of benzene rings is 1. The van der Waals surface area contributed by atoms with Crippen LogP contribution in [0, 0.1) is 13.8 Å². The van der Waals surface area contributed by atoms with E-state index >= 15 is 0 Å². The highest BCUT2D eigenvalue weighted by Crippen LogP contribution is 2.23. The molecule has 0 unspecified atom stereocenters. The maximum absolute atomic E-state index is 12.8. The van der Waals surface area contributed by atoms with E-state index in [2.05, 4.69) is 9.88 Å². The van der Waals surface area contributed by atoms with Gasteiger partial charge in [0, 0.05) is 31.6 Å². The van der Waals surface area contributed by atoms with Gasteiger partial charge < -0.3 is 13.7 Å². The van der Waals surface area contributed by atoms with Gasteiger partial charge in [-0.2, -0.15) is 0 Å². The highest BCUT2D eigenvalue weighted by molar-refractivity contribution is 6.05. The number of aryl methyl sites for hydroxylation is 2. The summed E-state index contributed by atoms with van der Waals surface area (Å²) in [7, 11) is 0. The standard InChI is InChI=1S/C19H21N3O3/c1-13-14(2)25-18(20-13)11-21-7-9-22(10-8-21)19(23)16-12-24-17-6-4-3-5-15(16)17/h3-6,12H,7-11H2,1-2H3. The van der Waals surface area contributed by atoms with E-state index in [1.54, 1.807) is 6.26 Å². The fourth-order valence-corrected chi connectivity index (χ4v) is 3.22. The molecule has 25 heavy (non-hydrogen) atoms. The summed E-state index contributed by atoms with van der Waals surface area (Å²) in [6.45, 7) is 7.56. The zero-order valence-corrected chi connectivity index (χ0v) is 14.5. The Kier molecular flexibility index (Phi) is 4.05. The molecule has 1 aliphatic rings. The first-order valence-corrected chi connectivity index (χ1v) is 8.52. The summed E-state index contributed by atoms with van der Waals surface area (Å²) in [5.41, 5.74) is 2.33. The number of nitrogens with zero attached hydrogens (tertiary/aromatic N) is 3. The molecule has 6 heteroatoms. The van der Waals surface area contributed by atoms with E-state index in [0.717, 1.165) is 41.4 Å². The molecular formula is C19H21N3O3. The van der Waals surface area contributed by atoms with Crippen molar-refractivity contribution >= 4 is 16.9 Å². The number of carbonyl (C=O) groups excluding carboxylic acids is 1. The van der Waals surface area contributed by atoms with E-state index in [1.165, 1.54) is 0 Å². The lowest BCUT2D eigenvalue weighted by Gasteiger charge is -2.33. The van der Waals surface area contributed by atoms with Crippen LogP contribution in [0.15, 0.2) is 39.4 Å². The second-order valence-corrected chi connectivity index (χ2v) is 6.46. The molecule has 2 aromatic heterocycles. The van der Waals surface area contributed by atoms with Crippen LogP contribution in [-0.4, -0.2) is 46.9 Å². The van der Waals surface area contributed by atoms with Crippen molar-refractivity contribution in [1.82, 2.24) is 14.8 Å². The van der Waals surface area contributed by atoms with Crippen molar-refractivity contribution in [2.75, 3.05) is 26.2 Å². The highest BCUT2D eigenvalue weighted by Gasteiger charge is 2.25. The van der Waals surface area contributed by atoms with Crippen LogP contribution >= 0.6 is 0 Å². The number of amides is 1. The van der Waals surface area contributed by atoms with Gasteiger partial charge in [0.05, 0.1) is 17.8 Å². The van der Waals surface area contributed by atoms with Crippen LogP contribution in [0.3, 0.4) is 0 Å². The molecular weight excluding hydrogens is 318 g/mol. The fourth-order valence-electron chi connectivity index (χ4n) is 3.22. The predicted molar refractivity (Wildman–Crippen MR) is 93.4 cm³/mol. The molecule has 0 aliphatic carbocycles. The predicted octanol–water partition coefficient (Wildman–Crippen LogP) is 3.00. The van der Waals surface area contributed by atoms with Crippen LogP contribution in [-0.2, 0) is 6.54 Å². The molecule has 1 saturated heterocycles. The van der Waals surface area contributed by atoms with Gasteiger partial charge in [0.15, 0.2) is 0 Å². The molecule has 1 amide bonds. The third kappa shape index (κ3) is 3.05. The molecule has 1 aromatic carbocycles. The average Bonchev–Trinajstić information content (AvgIpc) is 3.18. The summed E-state index contributed by atoms with van der Waals surface area (Å²) in [5, 5.41) is 0.876. The Labute approximate surface area is 146 Å². The second-order valence-electron chi connectivity index (χ2n) is 6.46. The van der Waals surface area contributed by atoms with Crippen LogP contribution < -0.4 is 0 Å². The Morgan fingerprint density at radius 2 is 1.92 bits per heavy atom. The Hall–Kier alpha value is -2.60. The van der Waals surface area contributed by atoms with E-state index < -0.39 is 0 Å². The molecule has 0 spiro atoms. The average molecular weight is 339 g/mol. The number of oxazole rings is 1. The van der Waals surface area contributed by atoms with Crippen LogP contribution in [0.1, 0.15) is 27.7 Å². The minimum absolute atomic E-state index is 0.0346. The van der Waals surface area contributed by atoms with Crippen molar-refractivity contribution in [1.29, 1.82) is 0 Å². The van der Waals surface area contributed by atoms with Gasteiger partial charge in [0.2, 0.25) is 5.89 Å². The summed E-state index contributed by atoms with van der Waals surface area (Å²) >= 11 is 0. The summed E-state index contributed by atoms with van der Waals surface area (Å²) in [6.07, 6.45) is 1.57. The number of aromatic nitrogens is 1. The Balaban J connectivity index is 1.40. The van der Waals surface area contributed by atoms with Gasteiger partial charge >= 0.3 is 0 Å². The first-order chi connectivity index (χ1) is 12.1. The van der Waals surface area contributed by atoms with Gasteiger partial charge in [0.25, 0.3) is 5.91 Å². The van der Waals surface area contributed by atoms with Crippen molar-refractivity contribution in [2.45, 2.75) is 20.4 Å². The van der Waals surface area contributed by atoms with Crippen molar-refractivity contribution in [2.24, 2.45) is 0 Å². The number of piperazine rings is 1. The zero-order valence-electron chi connectivity index (χ0n) is 14.5. The van der Waals surface area contributed by atoms with E-state index in [1.807, 2.05) is 43.0 Å². The van der Waals surface area contributed by atoms with Crippen LogP contribution in [0.5, 0.6) is 0 Å². The summed E-state index contributed by atoms with van der Waals surface area (Å²) < 4.78 is 11.1. The maximum Gasteiger partial charge on any atom is 0.257 e. The number of carbonyl (C=O) groups is 1. The van der Waals surface area contributed by atoms with Gasteiger partial charge in [-0.3, -0.25) is 9.69 Å². The van der Waals surface area contributed by atoms with E-state index in [4.69, 9.17) is 8.83 Å². The molecule has 0 N–H and O–H groups in total. The molecule has 3 heterocycles. The number of hydrogen-bond acceptors (Lipinski definition) is 5. The third-order valence-corrected chi connectivity index (χ3v) is 4.80. The molecule has 130 valence electrons. The fraction of sp³-hybridized carbons (Fsp3) is 0.368. The SMILES string of the molecule is Cc1nc(CN2CCN(C(=O)c3coc4ccccc34)CC2)oc1C. The second kappa shape index (κ2) is 6.37. The molecule has 1 aliphatic heterocycles. The number of hydrogen-bond donors (Lipinski definition) is 0. The quantitative estimate of drug-likeness (QED) is 0.734. The molecule has 1 fully saturated rings. The first-order valence-electron chi connectivity index (χ1n) is 8.52. The van der Waals surface area contributed by atoms with Crippen LogP contribution in [0.4, 0.5) is 0 Å². The maximum atomic E-state index is 12.8. The van der Waals surface area contributed by atoms with Gasteiger partial charge in [0.1, 0.15) is 17.6 Å². The van der Waals surface area contributed by atoms with Crippen LogP contribution in [0.25, 0.3) is 11.0 Å². The number of rotatable bonds is 3. The highest BCUT2D eigenvalue weighted by atomic mass is 16.4. The van der Waals surface area contributed by atoms with Crippen molar-refractivity contribution in [3.8, 4) is 0 Å². The Bertz CT molecular complexity index is 884. The van der Waals surface area contributed by atoms with Crippen molar-refractivity contribution < 1.29 is 13.6 Å². The van der Waals surface area contributed by atoms with Gasteiger partial charge in [-0.05, 0) is 19.9 Å². The molecule has 4 rings (SSSR count). The smallest absolute Gasteiger partial charge is 0.257 e. The molecule has 0 atom stereocenters. The minimum Gasteiger partial charge on any atom is -0.463 e. The van der Waals surface area contributed by atoms with E-state index in [-0.39, 0.29) is 5.91 Å². The topological polar surface area (TPSA) is 62.7 Å². The lowest BCUT2D eigenvalue weighted by Crippen LogP contribution is -2.48. The van der Waals surface area contributed by atoms with E-state index in [9.17, 15) is 4.79 Å². The Morgan fingerprint density at radius 3 is 2.64 bits per heavy atom. The van der Waals surface area contributed by atoms with Gasteiger partial charge in [-0.25, -0.2) is 4.98 Å². The molecule has 0 bridgehead atoms. The molecule has 0 radical (unpaired) electrons. The third-order valence-electron chi connectivity index (χ3n) is 4.80. The van der Waals surface area contributed by atoms with Gasteiger partial charge in [-0.1, -0.05) is 18.2 Å². The molecule has 3 aromatic rings. The van der Waals surface area contributed by atoms with Crippen molar-refractivity contribution in [3.05, 3.63) is 53.4 Å². The minimum atomic E-state index is 0.0346. The largest absolute Gasteiger partial charge is 0.463 e. The number of para-hydroxylation sites is 1. The normalized spacial score (nSPS) is 15.8. The monoisotopic (exact) mass is 339 g/mol. The van der Waals surface area contributed by atoms with E-state index in [0.29, 0.717) is 25.2 Å². The summed E-state index contributed by atoms with van der Waals surface area (Å²) in [4.78, 5) is 21.4. The summed E-state index contributed by atoms with van der Waals surface area (Å²) in [6, 6.07) is 7.64. The molecule has 6 nitrogen and oxygen atoms in total. The zero-order chi connectivity index (χ0) is 17.4. The van der Waals surface area contributed by atoms with Crippen LogP contribution in [0.2, 0.25) is 0 Å². The lowest BCUT2D eigenvalue weighted by atomic mass is 10.1.